The molecule has 3 rings (SSSR count). The van der Waals surface area contributed by atoms with Crippen LogP contribution in [-0.4, -0.2) is 51.4 Å². The third-order valence-corrected chi connectivity index (χ3v) is 6.07. The van der Waals surface area contributed by atoms with Gasteiger partial charge in [0.05, 0.1) is 36.9 Å². The number of anilines is 1. The molecule has 2 aromatic heterocycles. The van der Waals surface area contributed by atoms with Crippen LogP contribution in [0.1, 0.15) is 13.3 Å². The molecule has 0 aliphatic carbocycles. The molecule has 0 fully saturated rings. The number of alkyl halides is 3. The van der Waals surface area contributed by atoms with Gasteiger partial charge in [-0.2, -0.15) is 18.2 Å². The van der Waals surface area contributed by atoms with Crippen LogP contribution >= 0.6 is 20.3 Å². The number of nitrogens with two attached hydrogens (primary N) is 1. The van der Waals surface area contributed by atoms with Crippen molar-refractivity contribution in [3.63, 3.8) is 0 Å². The van der Waals surface area contributed by atoms with E-state index in [0.29, 0.717) is 29.3 Å². The third kappa shape index (κ3) is 6.95. The second kappa shape index (κ2) is 11.0. The number of rotatable bonds is 11. The summed E-state index contributed by atoms with van der Waals surface area (Å²) in [4.78, 5) is 13.9. The van der Waals surface area contributed by atoms with Gasteiger partial charge in [0.15, 0.2) is 5.65 Å². The standard InChI is InChI=1S/C19H23F3N5O2PS/c1-2-8-29-13-5-3-4-6-14(13)31-17-15-16(25-18(23)26-17)27(11-24-15)7-9-28-12-30-10-19(20,21)22/h3-6,11,30H,2,7-10,12H2,1H3,(H2,23,25,26). The Labute approximate surface area is 183 Å². The molecule has 2 heterocycles. The van der Waals surface area contributed by atoms with Crippen LogP contribution in [0.15, 0.2) is 40.5 Å². The Kier molecular flexibility index (Phi) is 8.34. The molecule has 0 amide bonds. The zero-order valence-electron chi connectivity index (χ0n) is 16.9. The van der Waals surface area contributed by atoms with Crippen molar-refractivity contribution < 1.29 is 22.6 Å². The highest BCUT2D eigenvalue weighted by Gasteiger charge is 2.26. The zero-order chi connectivity index (χ0) is 22.3. The van der Waals surface area contributed by atoms with Crippen LogP contribution in [0.4, 0.5) is 19.1 Å². The number of nitrogens with zero attached hydrogens (tertiary/aromatic N) is 4. The number of benzene rings is 1. The lowest BCUT2D eigenvalue weighted by atomic mass is 10.3. The largest absolute Gasteiger partial charge is 0.492 e. The number of ether oxygens (including phenoxy) is 2. The van der Waals surface area contributed by atoms with E-state index in [-0.39, 0.29) is 27.5 Å². The van der Waals surface area contributed by atoms with Gasteiger partial charge < -0.3 is 19.8 Å². The number of halogens is 3. The molecule has 12 heteroatoms. The minimum Gasteiger partial charge on any atom is -0.492 e. The summed E-state index contributed by atoms with van der Waals surface area (Å²) in [5.41, 5.74) is 7.05. The summed E-state index contributed by atoms with van der Waals surface area (Å²) >= 11 is 1.39. The van der Waals surface area contributed by atoms with E-state index in [1.807, 2.05) is 31.2 Å². The number of imidazole rings is 1. The van der Waals surface area contributed by atoms with Gasteiger partial charge in [-0.15, -0.1) is 0 Å². The van der Waals surface area contributed by atoms with Gasteiger partial charge >= 0.3 is 6.18 Å². The van der Waals surface area contributed by atoms with E-state index < -0.39 is 12.3 Å². The molecule has 31 heavy (non-hydrogen) atoms. The maximum Gasteiger partial charge on any atom is 0.392 e. The Morgan fingerprint density at radius 2 is 2.00 bits per heavy atom. The van der Waals surface area contributed by atoms with Crippen LogP contribution in [0.2, 0.25) is 0 Å². The van der Waals surface area contributed by atoms with Gasteiger partial charge in [0.25, 0.3) is 0 Å². The number of nitrogen functional groups attached to an aromatic ring is 1. The van der Waals surface area contributed by atoms with Crippen LogP contribution in [0.5, 0.6) is 5.75 Å². The summed E-state index contributed by atoms with van der Waals surface area (Å²) in [5, 5.41) is 0.598. The predicted octanol–water partition coefficient (Wildman–Crippen LogP) is 4.56. The van der Waals surface area contributed by atoms with Crippen molar-refractivity contribution in [3.8, 4) is 5.75 Å². The molecule has 1 aromatic carbocycles. The van der Waals surface area contributed by atoms with Crippen LogP contribution in [0.25, 0.3) is 11.2 Å². The maximum atomic E-state index is 12.2. The molecule has 0 saturated heterocycles. The van der Waals surface area contributed by atoms with E-state index in [2.05, 4.69) is 15.0 Å². The Morgan fingerprint density at radius 1 is 1.19 bits per heavy atom. The van der Waals surface area contributed by atoms with Gasteiger partial charge in [0.2, 0.25) is 5.95 Å². The third-order valence-electron chi connectivity index (χ3n) is 3.97. The lowest BCUT2D eigenvalue weighted by Gasteiger charge is -2.11. The van der Waals surface area contributed by atoms with Crippen LogP contribution in [-0.2, 0) is 11.3 Å². The number of aromatic nitrogens is 4. The molecule has 0 radical (unpaired) electrons. The molecule has 0 bridgehead atoms. The molecule has 1 atom stereocenters. The van der Waals surface area contributed by atoms with E-state index in [9.17, 15) is 13.2 Å². The molecular formula is C19H23F3N5O2PS. The predicted molar refractivity (Wildman–Crippen MR) is 116 cm³/mol. The van der Waals surface area contributed by atoms with E-state index in [0.717, 1.165) is 17.1 Å². The second-order valence-electron chi connectivity index (χ2n) is 6.49. The average molecular weight is 473 g/mol. The number of para-hydroxylation sites is 1. The summed E-state index contributed by atoms with van der Waals surface area (Å²) in [6.07, 6.45) is -2.41. The number of fused-ring (bicyclic) bond motifs is 1. The minimum atomic E-state index is -4.15. The van der Waals surface area contributed by atoms with Crippen LogP contribution < -0.4 is 10.5 Å². The Balaban J connectivity index is 1.69. The van der Waals surface area contributed by atoms with Gasteiger partial charge in [0.1, 0.15) is 16.3 Å². The quantitative estimate of drug-likeness (QED) is 0.248. The maximum absolute atomic E-state index is 12.2. The summed E-state index contributed by atoms with van der Waals surface area (Å²) in [5.74, 6) is 0.864. The number of hydrogen-bond donors (Lipinski definition) is 1. The van der Waals surface area contributed by atoms with Crippen molar-refractivity contribution in [1.29, 1.82) is 0 Å². The number of hydrogen-bond acceptors (Lipinski definition) is 7. The normalized spacial score (nSPS) is 12.3. The monoisotopic (exact) mass is 473 g/mol. The van der Waals surface area contributed by atoms with E-state index in [1.54, 1.807) is 10.9 Å². The van der Waals surface area contributed by atoms with Gasteiger partial charge in [0, 0.05) is 6.54 Å². The fourth-order valence-corrected chi connectivity index (χ4v) is 4.28. The molecule has 1 unspecified atom stereocenters. The van der Waals surface area contributed by atoms with Crippen molar-refractivity contribution in [3.05, 3.63) is 30.6 Å². The lowest BCUT2D eigenvalue weighted by molar-refractivity contribution is -0.106. The summed E-state index contributed by atoms with van der Waals surface area (Å²) in [6, 6.07) is 7.66. The zero-order valence-corrected chi connectivity index (χ0v) is 18.7. The summed E-state index contributed by atoms with van der Waals surface area (Å²) in [7, 11) is -0.315. The SMILES string of the molecule is CCCOc1ccccc1Sc1nc(N)nc2c1ncn2CCOCPCC(F)(F)F. The van der Waals surface area contributed by atoms with Crippen molar-refractivity contribution >= 4 is 37.5 Å². The molecule has 7 nitrogen and oxygen atoms in total. The van der Waals surface area contributed by atoms with Crippen molar-refractivity contribution in [1.82, 2.24) is 19.5 Å². The van der Waals surface area contributed by atoms with Gasteiger partial charge in [-0.25, -0.2) is 9.97 Å². The summed E-state index contributed by atoms with van der Waals surface area (Å²) < 4.78 is 49.4. The molecule has 0 aliphatic heterocycles. The highest BCUT2D eigenvalue weighted by molar-refractivity contribution is 7.99. The molecule has 2 N–H and O–H groups in total. The topological polar surface area (TPSA) is 88.1 Å². The first-order chi connectivity index (χ1) is 14.9. The Hall–Kier alpha value is -2.10. The molecule has 0 aliphatic rings. The van der Waals surface area contributed by atoms with Crippen molar-refractivity contribution in [2.45, 2.75) is 36.0 Å². The summed E-state index contributed by atoms with van der Waals surface area (Å²) in [6.45, 7) is 3.29. The second-order valence-corrected chi connectivity index (χ2v) is 8.66. The Bertz CT molecular complexity index is 1000. The molecule has 0 spiro atoms. The lowest BCUT2D eigenvalue weighted by Crippen LogP contribution is -2.11. The molecule has 3 aromatic rings. The van der Waals surface area contributed by atoms with Gasteiger partial charge in [-0.1, -0.05) is 39.4 Å². The molecular weight excluding hydrogens is 450 g/mol. The molecule has 168 valence electrons. The fraction of sp³-hybridized carbons (Fsp3) is 0.421. The minimum absolute atomic E-state index is 0.0684. The molecule has 0 saturated carbocycles. The van der Waals surface area contributed by atoms with Gasteiger partial charge in [-0.3, -0.25) is 0 Å². The van der Waals surface area contributed by atoms with E-state index in [1.165, 1.54) is 11.8 Å². The van der Waals surface area contributed by atoms with Gasteiger partial charge in [-0.05, 0) is 18.6 Å². The first kappa shape index (κ1) is 23.6. The van der Waals surface area contributed by atoms with Crippen molar-refractivity contribution in [2.24, 2.45) is 0 Å². The van der Waals surface area contributed by atoms with E-state index in [4.69, 9.17) is 15.2 Å². The van der Waals surface area contributed by atoms with Crippen LogP contribution in [0.3, 0.4) is 0 Å². The fourth-order valence-electron chi connectivity index (χ4n) is 2.64. The van der Waals surface area contributed by atoms with Crippen molar-refractivity contribution in [2.75, 3.05) is 31.5 Å². The first-order valence-electron chi connectivity index (χ1n) is 9.60. The van der Waals surface area contributed by atoms with E-state index >= 15 is 0 Å². The van der Waals surface area contributed by atoms with Crippen LogP contribution in [0, 0.1) is 0 Å². The Morgan fingerprint density at radius 3 is 2.77 bits per heavy atom. The smallest absolute Gasteiger partial charge is 0.392 e. The highest BCUT2D eigenvalue weighted by Crippen LogP contribution is 2.37. The first-order valence-corrected chi connectivity index (χ1v) is 11.8. The highest BCUT2D eigenvalue weighted by atomic mass is 32.2. The average Bonchev–Trinajstić information content (AvgIpc) is 3.12.